The van der Waals surface area contributed by atoms with Crippen LogP contribution in [-0.4, -0.2) is 83.1 Å². The minimum Gasteiger partial charge on any atom is -0.493 e. The molecule has 2 aromatic rings. The van der Waals surface area contributed by atoms with Crippen LogP contribution in [0, 0.1) is 5.92 Å². The van der Waals surface area contributed by atoms with E-state index < -0.39 is 15.9 Å². The second kappa shape index (κ2) is 15.1. The summed E-state index contributed by atoms with van der Waals surface area (Å²) >= 11 is 0. The molecule has 4 rings (SSSR count). The average Bonchev–Trinajstić information content (AvgIpc) is 3.63. The molecule has 1 saturated heterocycles. The smallest absolute Gasteiger partial charge is 0.311 e. The van der Waals surface area contributed by atoms with E-state index in [0.29, 0.717) is 55.6 Å². The van der Waals surface area contributed by atoms with Crippen molar-refractivity contribution in [2.75, 3.05) is 59.6 Å². The monoisotopic (exact) mass is 618 g/mol. The SMILES string of the molecule is CCCCCS(=O)(=O)N(CCC)CCN1C[C@H](c2ccc3c(c2)OCO3)[C@@H](C(=O)OCC)[C@@H]1c1ccc(OC)c(OC)c1. The van der Waals surface area contributed by atoms with Crippen molar-refractivity contribution >= 4 is 16.0 Å². The molecular formula is C32H46N2O8S. The first-order valence-electron chi connectivity index (χ1n) is 15.3. The van der Waals surface area contributed by atoms with E-state index in [9.17, 15) is 13.2 Å². The van der Waals surface area contributed by atoms with Gasteiger partial charge in [-0.1, -0.05) is 38.8 Å². The van der Waals surface area contributed by atoms with Crippen LogP contribution in [0.25, 0.3) is 0 Å². The van der Waals surface area contributed by atoms with Gasteiger partial charge in [-0.3, -0.25) is 9.69 Å². The van der Waals surface area contributed by atoms with E-state index in [-0.39, 0.29) is 37.1 Å². The quantitative estimate of drug-likeness (QED) is 0.190. The molecule has 0 radical (unpaired) electrons. The van der Waals surface area contributed by atoms with Gasteiger partial charge in [0.2, 0.25) is 16.8 Å². The lowest BCUT2D eigenvalue weighted by Crippen LogP contribution is -2.40. The summed E-state index contributed by atoms with van der Waals surface area (Å²) in [5, 5.41) is 0. The minimum atomic E-state index is -3.41. The van der Waals surface area contributed by atoms with E-state index >= 15 is 0 Å². The third kappa shape index (κ3) is 7.56. The highest BCUT2D eigenvalue weighted by atomic mass is 32.2. The van der Waals surface area contributed by atoms with Gasteiger partial charge in [-0.2, -0.15) is 0 Å². The molecule has 2 aliphatic heterocycles. The molecule has 10 nitrogen and oxygen atoms in total. The zero-order valence-electron chi connectivity index (χ0n) is 26.0. The maximum absolute atomic E-state index is 13.7. The molecule has 2 heterocycles. The summed E-state index contributed by atoms with van der Waals surface area (Å²) < 4.78 is 56.2. The summed E-state index contributed by atoms with van der Waals surface area (Å²) in [6.45, 7) is 8.02. The number of carbonyl (C=O) groups excluding carboxylic acids is 1. The van der Waals surface area contributed by atoms with Gasteiger partial charge in [0.05, 0.1) is 32.5 Å². The molecular weight excluding hydrogens is 572 g/mol. The molecule has 2 aliphatic rings. The maximum atomic E-state index is 13.7. The Morgan fingerprint density at radius 1 is 0.930 bits per heavy atom. The van der Waals surface area contributed by atoms with Crippen LogP contribution in [0.2, 0.25) is 0 Å². The van der Waals surface area contributed by atoms with Crippen LogP contribution in [0.15, 0.2) is 36.4 Å². The van der Waals surface area contributed by atoms with Gasteiger partial charge >= 0.3 is 5.97 Å². The molecule has 0 unspecified atom stereocenters. The molecule has 0 aromatic heterocycles. The van der Waals surface area contributed by atoms with Crippen molar-refractivity contribution in [3.63, 3.8) is 0 Å². The number of hydrogen-bond acceptors (Lipinski definition) is 9. The summed E-state index contributed by atoms with van der Waals surface area (Å²) in [6.07, 6.45) is 3.21. The van der Waals surface area contributed by atoms with Crippen LogP contribution in [0.3, 0.4) is 0 Å². The number of ether oxygens (including phenoxy) is 5. The molecule has 43 heavy (non-hydrogen) atoms. The molecule has 0 bridgehead atoms. The van der Waals surface area contributed by atoms with Crippen LogP contribution in [0.4, 0.5) is 0 Å². The topological polar surface area (TPSA) is 104 Å². The molecule has 0 aliphatic carbocycles. The average molecular weight is 619 g/mol. The first-order valence-corrected chi connectivity index (χ1v) is 16.9. The van der Waals surface area contributed by atoms with Gasteiger partial charge in [-0.25, -0.2) is 12.7 Å². The van der Waals surface area contributed by atoms with E-state index in [1.807, 2.05) is 43.3 Å². The lowest BCUT2D eigenvalue weighted by atomic mass is 9.82. The lowest BCUT2D eigenvalue weighted by molar-refractivity contribution is -0.149. The molecule has 1 fully saturated rings. The zero-order valence-corrected chi connectivity index (χ0v) is 26.9. The largest absolute Gasteiger partial charge is 0.493 e. The van der Waals surface area contributed by atoms with E-state index in [0.717, 1.165) is 30.4 Å². The summed E-state index contributed by atoms with van der Waals surface area (Å²) in [7, 11) is -0.248. The van der Waals surface area contributed by atoms with Crippen molar-refractivity contribution in [1.82, 2.24) is 9.21 Å². The molecule has 3 atom stereocenters. The Hall–Kier alpha value is -3.02. The van der Waals surface area contributed by atoms with Gasteiger partial charge in [-0.15, -0.1) is 0 Å². The highest BCUT2D eigenvalue weighted by Gasteiger charge is 2.48. The number of unbranched alkanes of at least 4 members (excludes halogenated alkanes) is 2. The number of nitrogens with zero attached hydrogens (tertiary/aromatic N) is 2. The Balaban J connectivity index is 1.73. The first kappa shape index (κ1) is 32.9. The van der Waals surface area contributed by atoms with Crippen LogP contribution in [0.5, 0.6) is 23.0 Å². The summed E-state index contributed by atoms with van der Waals surface area (Å²) in [5.41, 5.74) is 1.81. The number of rotatable bonds is 16. The standard InChI is InChI=1S/C32H46N2O8S/c1-6-9-10-18-43(36,37)34(15-7-2)17-16-33-21-25(23-11-14-27-29(19-23)42-22-41-27)30(32(35)40-8-3)31(33)24-12-13-26(38-4)28(20-24)39-5/h11-14,19-20,25,30-31H,6-10,15-18,21-22H2,1-5H3/t25-,30-,31+/m1/s1. The van der Waals surface area contributed by atoms with E-state index in [1.165, 1.54) is 0 Å². The van der Waals surface area contributed by atoms with Crippen LogP contribution < -0.4 is 18.9 Å². The first-order chi connectivity index (χ1) is 20.8. The second-order valence-corrected chi connectivity index (χ2v) is 13.1. The fraction of sp³-hybridized carbons (Fsp3) is 0.594. The predicted molar refractivity (Wildman–Crippen MR) is 164 cm³/mol. The summed E-state index contributed by atoms with van der Waals surface area (Å²) in [5.74, 6) is 1.52. The number of benzene rings is 2. The zero-order chi connectivity index (χ0) is 31.0. The lowest BCUT2D eigenvalue weighted by Gasteiger charge is -2.30. The van der Waals surface area contributed by atoms with Crippen molar-refractivity contribution in [3.8, 4) is 23.0 Å². The number of methoxy groups -OCH3 is 2. The van der Waals surface area contributed by atoms with Gasteiger partial charge in [0.15, 0.2) is 23.0 Å². The number of esters is 1. The normalized spacial score (nSPS) is 20.0. The molecule has 0 N–H and O–H groups in total. The Morgan fingerprint density at radius 3 is 2.37 bits per heavy atom. The molecule has 11 heteroatoms. The molecule has 2 aromatic carbocycles. The Bertz CT molecular complexity index is 1330. The van der Waals surface area contributed by atoms with Crippen molar-refractivity contribution < 1.29 is 36.9 Å². The maximum Gasteiger partial charge on any atom is 0.311 e. The van der Waals surface area contributed by atoms with Crippen LogP contribution in [0.1, 0.15) is 69.5 Å². The Labute approximate surface area is 256 Å². The van der Waals surface area contributed by atoms with Gasteiger partial charge in [0.1, 0.15) is 0 Å². The van der Waals surface area contributed by atoms with Gasteiger partial charge in [-0.05, 0) is 55.2 Å². The number of fused-ring (bicyclic) bond motifs is 1. The third-order valence-electron chi connectivity index (χ3n) is 8.24. The fourth-order valence-corrected chi connectivity index (χ4v) is 7.79. The highest BCUT2D eigenvalue weighted by molar-refractivity contribution is 7.89. The van der Waals surface area contributed by atoms with Gasteiger partial charge < -0.3 is 23.7 Å². The van der Waals surface area contributed by atoms with Gasteiger partial charge in [0, 0.05) is 38.1 Å². The second-order valence-electron chi connectivity index (χ2n) is 11.0. The van der Waals surface area contributed by atoms with E-state index in [2.05, 4.69) is 11.8 Å². The van der Waals surface area contributed by atoms with Gasteiger partial charge in [0.25, 0.3) is 0 Å². The third-order valence-corrected chi connectivity index (χ3v) is 10.2. The summed E-state index contributed by atoms with van der Waals surface area (Å²) in [4.78, 5) is 16.0. The predicted octanol–water partition coefficient (Wildman–Crippen LogP) is 4.98. The molecule has 0 saturated carbocycles. The number of hydrogen-bond donors (Lipinski definition) is 0. The number of sulfonamides is 1. The van der Waals surface area contributed by atoms with E-state index in [1.54, 1.807) is 25.4 Å². The number of carbonyl (C=O) groups is 1. The van der Waals surface area contributed by atoms with Crippen molar-refractivity contribution in [2.24, 2.45) is 5.92 Å². The van der Waals surface area contributed by atoms with Crippen molar-refractivity contribution in [1.29, 1.82) is 0 Å². The Morgan fingerprint density at radius 2 is 1.67 bits per heavy atom. The highest BCUT2D eigenvalue weighted by Crippen LogP contribution is 2.49. The van der Waals surface area contributed by atoms with Crippen LogP contribution in [-0.2, 0) is 19.6 Å². The molecule has 0 spiro atoms. The minimum absolute atomic E-state index is 0.144. The van der Waals surface area contributed by atoms with Crippen molar-refractivity contribution in [3.05, 3.63) is 47.5 Å². The summed E-state index contributed by atoms with van der Waals surface area (Å²) in [6, 6.07) is 11.1. The van der Waals surface area contributed by atoms with Crippen molar-refractivity contribution in [2.45, 2.75) is 58.4 Å². The molecule has 0 amide bonds. The van der Waals surface area contributed by atoms with E-state index in [4.69, 9.17) is 23.7 Å². The van der Waals surface area contributed by atoms with Crippen LogP contribution >= 0.6 is 0 Å². The number of likely N-dealkylation sites (tertiary alicyclic amines) is 1. The Kier molecular flexibility index (Phi) is 11.6. The fourth-order valence-electron chi connectivity index (χ4n) is 6.14. The molecule has 238 valence electrons.